The highest BCUT2D eigenvalue weighted by Gasteiger charge is 2.05. The highest BCUT2D eigenvalue weighted by molar-refractivity contribution is 5.45. The number of rotatable bonds is 5. The predicted octanol–water partition coefficient (Wildman–Crippen LogP) is 2.58. The van der Waals surface area contributed by atoms with Crippen LogP contribution in [0.2, 0.25) is 0 Å². The summed E-state index contributed by atoms with van der Waals surface area (Å²) < 4.78 is 10.8. The maximum absolute atomic E-state index is 8.97. The first kappa shape index (κ1) is 13.7. The SMILES string of the molecule is CNc1ncccc1COc1cc(C#N)cc(OC)c1. The molecule has 0 bridgehead atoms. The van der Waals surface area contributed by atoms with Crippen molar-refractivity contribution in [3.8, 4) is 17.6 Å². The second kappa shape index (κ2) is 6.43. The summed E-state index contributed by atoms with van der Waals surface area (Å²) in [7, 11) is 3.37. The number of nitrogens with zero attached hydrogens (tertiary/aromatic N) is 2. The minimum atomic E-state index is 0.363. The molecule has 5 heteroatoms. The number of methoxy groups -OCH3 is 1. The Morgan fingerprint density at radius 3 is 2.80 bits per heavy atom. The Bertz CT molecular complexity index is 635. The number of anilines is 1. The summed E-state index contributed by atoms with van der Waals surface area (Å²) >= 11 is 0. The predicted molar refractivity (Wildman–Crippen MR) is 75.8 cm³/mol. The van der Waals surface area contributed by atoms with Crippen LogP contribution in [0.4, 0.5) is 5.82 Å². The van der Waals surface area contributed by atoms with Gasteiger partial charge in [0.2, 0.25) is 0 Å². The topological polar surface area (TPSA) is 67.2 Å². The molecule has 0 unspecified atom stereocenters. The Balaban J connectivity index is 2.16. The number of ether oxygens (including phenoxy) is 2. The molecule has 1 N–H and O–H groups in total. The van der Waals surface area contributed by atoms with Gasteiger partial charge in [-0.1, -0.05) is 6.07 Å². The van der Waals surface area contributed by atoms with Crippen molar-refractivity contribution in [2.24, 2.45) is 0 Å². The maximum Gasteiger partial charge on any atom is 0.132 e. The minimum Gasteiger partial charge on any atom is -0.497 e. The zero-order valence-electron chi connectivity index (χ0n) is 11.4. The van der Waals surface area contributed by atoms with Crippen molar-refractivity contribution in [1.29, 1.82) is 5.26 Å². The molecule has 1 aromatic carbocycles. The van der Waals surface area contributed by atoms with E-state index in [1.54, 1.807) is 31.5 Å². The van der Waals surface area contributed by atoms with E-state index in [1.807, 2.05) is 19.2 Å². The first-order chi connectivity index (χ1) is 9.76. The third-order valence-corrected chi connectivity index (χ3v) is 2.77. The fourth-order valence-corrected chi connectivity index (χ4v) is 1.78. The van der Waals surface area contributed by atoms with Crippen molar-refractivity contribution < 1.29 is 9.47 Å². The lowest BCUT2D eigenvalue weighted by Crippen LogP contribution is -2.02. The van der Waals surface area contributed by atoms with E-state index in [2.05, 4.69) is 16.4 Å². The zero-order valence-corrected chi connectivity index (χ0v) is 11.4. The lowest BCUT2D eigenvalue weighted by molar-refractivity contribution is 0.304. The Morgan fingerprint density at radius 2 is 2.10 bits per heavy atom. The number of hydrogen-bond donors (Lipinski definition) is 1. The Hall–Kier alpha value is -2.74. The first-order valence-corrected chi connectivity index (χ1v) is 6.10. The van der Waals surface area contributed by atoms with E-state index in [0.717, 1.165) is 11.4 Å². The van der Waals surface area contributed by atoms with Crippen LogP contribution in [0.25, 0.3) is 0 Å². The van der Waals surface area contributed by atoms with Crippen molar-refractivity contribution in [2.75, 3.05) is 19.5 Å². The monoisotopic (exact) mass is 269 g/mol. The summed E-state index contributed by atoms with van der Waals surface area (Å²) in [4.78, 5) is 4.21. The van der Waals surface area contributed by atoms with Crippen LogP contribution in [0, 0.1) is 11.3 Å². The number of nitrogens with one attached hydrogen (secondary N) is 1. The van der Waals surface area contributed by atoms with Gasteiger partial charge in [-0.05, 0) is 18.2 Å². The number of pyridine rings is 1. The molecule has 1 aromatic heterocycles. The molecule has 102 valence electrons. The molecule has 0 spiro atoms. The van der Waals surface area contributed by atoms with Crippen LogP contribution < -0.4 is 14.8 Å². The number of benzene rings is 1. The largest absolute Gasteiger partial charge is 0.497 e. The molecular formula is C15H15N3O2. The lowest BCUT2D eigenvalue weighted by Gasteiger charge is -2.11. The van der Waals surface area contributed by atoms with Crippen molar-refractivity contribution in [3.63, 3.8) is 0 Å². The molecule has 2 aromatic rings. The van der Waals surface area contributed by atoms with E-state index >= 15 is 0 Å². The summed E-state index contributed by atoms with van der Waals surface area (Å²) in [5.41, 5.74) is 1.44. The van der Waals surface area contributed by atoms with Crippen LogP contribution in [0.5, 0.6) is 11.5 Å². The molecule has 0 aliphatic heterocycles. The Morgan fingerprint density at radius 1 is 1.30 bits per heavy atom. The van der Waals surface area contributed by atoms with Crippen LogP contribution in [0.15, 0.2) is 36.5 Å². The molecule has 0 aliphatic carbocycles. The van der Waals surface area contributed by atoms with Gasteiger partial charge in [-0.2, -0.15) is 5.26 Å². The number of aromatic nitrogens is 1. The average molecular weight is 269 g/mol. The van der Waals surface area contributed by atoms with Crippen molar-refractivity contribution in [2.45, 2.75) is 6.61 Å². The third-order valence-electron chi connectivity index (χ3n) is 2.77. The highest BCUT2D eigenvalue weighted by Crippen LogP contribution is 2.23. The molecule has 0 radical (unpaired) electrons. The van der Waals surface area contributed by atoms with Crippen LogP contribution in [-0.2, 0) is 6.61 Å². The van der Waals surface area contributed by atoms with Crippen LogP contribution in [0.3, 0.4) is 0 Å². The minimum absolute atomic E-state index is 0.363. The lowest BCUT2D eigenvalue weighted by atomic mass is 10.2. The van der Waals surface area contributed by atoms with Gasteiger partial charge in [0.25, 0.3) is 0 Å². The molecule has 0 saturated heterocycles. The summed E-state index contributed by atoms with van der Waals surface area (Å²) in [5.74, 6) is 1.96. The zero-order chi connectivity index (χ0) is 14.4. The molecule has 1 heterocycles. The van der Waals surface area contributed by atoms with Gasteiger partial charge >= 0.3 is 0 Å². The number of nitriles is 1. The molecule has 0 aliphatic rings. The van der Waals surface area contributed by atoms with Gasteiger partial charge in [0.1, 0.15) is 23.9 Å². The van der Waals surface area contributed by atoms with Gasteiger partial charge in [0.05, 0.1) is 18.7 Å². The Labute approximate surface area is 117 Å². The summed E-state index contributed by atoms with van der Waals surface area (Å²) in [6.45, 7) is 0.363. The molecular weight excluding hydrogens is 254 g/mol. The molecule has 2 rings (SSSR count). The fourth-order valence-electron chi connectivity index (χ4n) is 1.78. The van der Waals surface area contributed by atoms with E-state index in [0.29, 0.717) is 23.7 Å². The van der Waals surface area contributed by atoms with Gasteiger partial charge < -0.3 is 14.8 Å². The van der Waals surface area contributed by atoms with E-state index in [-0.39, 0.29) is 0 Å². The maximum atomic E-state index is 8.97. The number of hydrogen-bond acceptors (Lipinski definition) is 5. The third kappa shape index (κ3) is 3.18. The van der Waals surface area contributed by atoms with Gasteiger partial charge in [0, 0.05) is 24.9 Å². The first-order valence-electron chi connectivity index (χ1n) is 6.10. The smallest absolute Gasteiger partial charge is 0.132 e. The van der Waals surface area contributed by atoms with E-state index in [4.69, 9.17) is 14.7 Å². The van der Waals surface area contributed by atoms with Gasteiger partial charge in [-0.3, -0.25) is 0 Å². The average Bonchev–Trinajstić information content (AvgIpc) is 2.52. The molecule has 0 amide bonds. The summed E-state index contributed by atoms with van der Waals surface area (Å²) in [6.07, 6.45) is 1.72. The normalized spacial score (nSPS) is 9.65. The second-order valence-corrected chi connectivity index (χ2v) is 4.06. The molecule has 0 saturated carbocycles. The van der Waals surface area contributed by atoms with Crippen molar-refractivity contribution in [1.82, 2.24) is 4.98 Å². The molecule has 20 heavy (non-hydrogen) atoms. The van der Waals surface area contributed by atoms with Crippen molar-refractivity contribution in [3.05, 3.63) is 47.7 Å². The van der Waals surface area contributed by atoms with Gasteiger partial charge in [-0.25, -0.2) is 4.98 Å². The molecule has 0 atom stereocenters. The van der Waals surface area contributed by atoms with E-state index in [9.17, 15) is 0 Å². The van der Waals surface area contributed by atoms with Crippen LogP contribution in [-0.4, -0.2) is 19.1 Å². The molecule has 5 nitrogen and oxygen atoms in total. The Kier molecular flexibility index (Phi) is 4.40. The van der Waals surface area contributed by atoms with E-state index < -0.39 is 0 Å². The second-order valence-electron chi connectivity index (χ2n) is 4.06. The van der Waals surface area contributed by atoms with E-state index in [1.165, 1.54) is 0 Å². The van der Waals surface area contributed by atoms with Crippen LogP contribution in [0.1, 0.15) is 11.1 Å². The van der Waals surface area contributed by atoms with Gasteiger partial charge in [-0.15, -0.1) is 0 Å². The van der Waals surface area contributed by atoms with Gasteiger partial charge in [0.15, 0.2) is 0 Å². The molecule has 0 fully saturated rings. The van der Waals surface area contributed by atoms with Crippen LogP contribution >= 0.6 is 0 Å². The highest BCUT2D eigenvalue weighted by atomic mass is 16.5. The summed E-state index contributed by atoms with van der Waals surface area (Å²) in [6, 6.07) is 11.0. The summed E-state index contributed by atoms with van der Waals surface area (Å²) in [5, 5.41) is 12.0. The van der Waals surface area contributed by atoms with Crippen molar-refractivity contribution >= 4 is 5.82 Å². The quantitative estimate of drug-likeness (QED) is 0.903. The fraction of sp³-hybridized carbons (Fsp3) is 0.200. The standard InChI is InChI=1S/C15H15N3O2/c1-17-15-12(4-3-5-18-15)10-20-14-7-11(9-16)6-13(8-14)19-2/h3-8H,10H2,1-2H3,(H,17,18).